The summed E-state index contributed by atoms with van der Waals surface area (Å²) in [6.07, 6.45) is 0. The minimum atomic E-state index is -0.0114. The van der Waals surface area contributed by atoms with Gasteiger partial charge in [0.15, 0.2) is 0 Å². The van der Waals surface area contributed by atoms with Crippen LogP contribution in [0.25, 0.3) is 76.8 Å². The fraction of sp³-hybridized carbons (Fsp3) is 0.244. The zero-order valence-corrected chi connectivity index (χ0v) is 28.4. The molecular weight excluding hydrogens is 551 g/mol. The molecule has 0 aliphatic heterocycles. The molecule has 0 atom stereocenters. The quantitative estimate of drug-likeness (QED) is 0.141. The van der Waals surface area contributed by atoms with Crippen LogP contribution in [0.3, 0.4) is 0 Å². The van der Waals surface area contributed by atoms with Gasteiger partial charge in [-0.25, -0.2) is 0 Å². The second kappa shape index (κ2) is 8.92. The van der Waals surface area contributed by atoms with Crippen LogP contribution in [0.15, 0.2) is 97.1 Å². The van der Waals surface area contributed by atoms with Crippen molar-refractivity contribution in [1.82, 2.24) is 0 Å². The van der Waals surface area contributed by atoms with E-state index < -0.39 is 0 Å². The lowest BCUT2D eigenvalue weighted by Gasteiger charge is -2.28. The van der Waals surface area contributed by atoms with E-state index in [1.165, 1.54) is 99.1 Å². The van der Waals surface area contributed by atoms with Gasteiger partial charge < -0.3 is 0 Å². The average Bonchev–Trinajstić information content (AvgIpc) is 3.47. The van der Waals surface area contributed by atoms with Crippen molar-refractivity contribution in [3.8, 4) is 44.5 Å². The van der Waals surface area contributed by atoms with E-state index in [0.717, 1.165) is 7.28 Å². The Morgan fingerprint density at radius 1 is 0.478 bits per heavy atom. The second-order valence-electron chi connectivity index (χ2n) is 16.3. The summed E-state index contributed by atoms with van der Waals surface area (Å²) < 4.78 is 0. The molecule has 0 aromatic heterocycles. The molecule has 9 rings (SSSR count). The molecule has 224 valence electrons. The number of hydrogen-bond donors (Lipinski definition) is 0. The van der Waals surface area contributed by atoms with Crippen LogP contribution in [-0.4, -0.2) is 7.28 Å². The predicted molar refractivity (Wildman–Crippen MR) is 202 cm³/mol. The SMILES string of the molecule is CBC(C)(C)c1cc(-c2cc3ccc4ccc5c6c(cc(c2)c3c46)-c2cc3c(cc2-5)C(C)(C)c2ccccc2-3)cc(C(C)(C)C)c1. The molecule has 2 aliphatic carbocycles. The molecule has 7 aromatic carbocycles. The third-order valence-electron chi connectivity index (χ3n) is 11.8. The molecule has 7 aromatic rings. The third kappa shape index (κ3) is 3.63. The maximum absolute atomic E-state index is 2.52. The Bertz CT molecular complexity index is 2430. The van der Waals surface area contributed by atoms with Crippen LogP contribution < -0.4 is 0 Å². The zero-order chi connectivity index (χ0) is 31.9. The summed E-state index contributed by atoms with van der Waals surface area (Å²) in [6, 6.07) is 38.2. The van der Waals surface area contributed by atoms with E-state index in [4.69, 9.17) is 0 Å². The second-order valence-corrected chi connectivity index (χ2v) is 16.3. The van der Waals surface area contributed by atoms with Crippen LogP contribution in [0, 0.1) is 0 Å². The Labute approximate surface area is 274 Å². The fourth-order valence-corrected chi connectivity index (χ4v) is 8.55. The Balaban J connectivity index is 1.33. The highest BCUT2D eigenvalue weighted by Gasteiger charge is 2.37. The molecule has 0 nitrogen and oxygen atoms in total. The lowest BCUT2D eigenvalue weighted by molar-refractivity contribution is 0.587. The molecule has 0 fully saturated rings. The Kier molecular flexibility index (Phi) is 5.41. The standard InChI is InChI=1S/C45H41B/c1-43(2,3)30-19-28(20-31(22-30)45(6,7)46-8)27-17-26-14-13-25-15-16-33-35-24-39-36(32-11-9-10-12-38(32)44(39,4)5)23-34(35)37-21-29(18-27)40(26)41(25)42(33)37/h9-24,46H,1-8H3. The first-order chi connectivity index (χ1) is 21.9. The maximum atomic E-state index is 2.52. The minimum Gasteiger partial charge on any atom is -0.0885 e. The minimum absolute atomic E-state index is 0.0114. The molecule has 0 saturated carbocycles. The lowest BCUT2D eigenvalue weighted by atomic mass is 9.53. The summed E-state index contributed by atoms with van der Waals surface area (Å²) >= 11 is 0. The van der Waals surface area contributed by atoms with E-state index >= 15 is 0 Å². The normalized spacial score (nSPS) is 14.7. The van der Waals surface area contributed by atoms with Crippen LogP contribution in [0.2, 0.25) is 6.82 Å². The van der Waals surface area contributed by atoms with Gasteiger partial charge in [0.25, 0.3) is 0 Å². The molecule has 0 heterocycles. The summed E-state index contributed by atoms with van der Waals surface area (Å²) in [4.78, 5) is 0. The van der Waals surface area contributed by atoms with Gasteiger partial charge in [0.2, 0.25) is 0 Å². The summed E-state index contributed by atoms with van der Waals surface area (Å²) in [5, 5.41) is 8.36. The monoisotopic (exact) mass is 592 g/mol. The molecule has 0 N–H and O–H groups in total. The molecule has 0 spiro atoms. The summed E-state index contributed by atoms with van der Waals surface area (Å²) in [6.45, 7) is 18.8. The highest BCUT2D eigenvalue weighted by molar-refractivity contribution is 6.38. The first kappa shape index (κ1) is 27.9. The van der Waals surface area contributed by atoms with Gasteiger partial charge in [0.1, 0.15) is 7.28 Å². The van der Waals surface area contributed by atoms with Crippen molar-refractivity contribution < 1.29 is 0 Å². The number of rotatable bonds is 3. The fourth-order valence-electron chi connectivity index (χ4n) is 8.55. The molecule has 0 unspecified atom stereocenters. The molecule has 46 heavy (non-hydrogen) atoms. The van der Waals surface area contributed by atoms with Gasteiger partial charge in [-0.1, -0.05) is 122 Å². The number of fused-ring (bicyclic) bond motifs is 6. The smallest absolute Gasteiger partial charge is 0.0885 e. The van der Waals surface area contributed by atoms with Gasteiger partial charge in [-0.15, -0.1) is 0 Å². The molecular formula is C45H41B. The molecule has 0 radical (unpaired) electrons. The Morgan fingerprint density at radius 2 is 1.15 bits per heavy atom. The molecule has 0 bridgehead atoms. The first-order valence-electron chi connectivity index (χ1n) is 17.1. The summed E-state index contributed by atoms with van der Waals surface area (Å²) in [7, 11) is 1.11. The van der Waals surface area contributed by atoms with Crippen LogP contribution >= 0.6 is 0 Å². The van der Waals surface area contributed by atoms with Crippen molar-refractivity contribution in [3.05, 3.63) is 119 Å². The van der Waals surface area contributed by atoms with E-state index in [-0.39, 0.29) is 16.1 Å². The summed E-state index contributed by atoms with van der Waals surface area (Å²) in [5.41, 5.74) is 16.7. The Hall–Kier alpha value is -4.36. The van der Waals surface area contributed by atoms with Crippen LogP contribution in [0.5, 0.6) is 0 Å². The average molecular weight is 593 g/mol. The van der Waals surface area contributed by atoms with Gasteiger partial charge in [-0.2, -0.15) is 0 Å². The van der Waals surface area contributed by atoms with Crippen LogP contribution in [0.1, 0.15) is 70.7 Å². The topological polar surface area (TPSA) is 0 Å². The molecule has 0 amide bonds. The van der Waals surface area contributed by atoms with Crippen molar-refractivity contribution in [2.24, 2.45) is 0 Å². The van der Waals surface area contributed by atoms with Crippen molar-refractivity contribution in [1.29, 1.82) is 0 Å². The van der Waals surface area contributed by atoms with Crippen molar-refractivity contribution in [2.75, 3.05) is 0 Å². The number of hydrogen-bond acceptors (Lipinski definition) is 0. The van der Waals surface area contributed by atoms with E-state index in [1.54, 1.807) is 0 Å². The highest BCUT2D eigenvalue weighted by atomic mass is 14.4. The van der Waals surface area contributed by atoms with E-state index in [2.05, 4.69) is 152 Å². The van der Waals surface area contributed by atoms with Crippen molar-refractivity contribution in [2.45, 2.75) is 71.4 Å². The largest absolute Gasteiger partial charge is 0.129 e. The molecule has 0 saturated heterocycles. The van der Waals surface area contributed by atoms with Gasteiger partial charge in [0.05, 0.1) is 0 Å². The third-order valence-corrected chi connectivity index (χ3v) is 11.8. The van der Waals surface area contributed by atoms with Crippen LogP contribution in [-0.2, 0) is 16.1 Å². The predicted octanol–water partition coefficient (Wildman–Crippen LogP) is 12.2. The Morgan fingerprint density at radius 3 is 1.93 bits per heavy atom. The first-order valence-corrected chi connectivity index (χ1v) is 17.1. The molecule has 1 heteroatoms. The van der Waals surface area contributed by atoms with E-state index in [1.807, 2.05) is 0 Å². The van der Waals surface area contributed by atoms with Gasteiger partial charge in [-0.3, -0.25) is 0 Å². The van der Waals surface area contributed by atoms with Gasteiger partial charge in [0, 0.05) is 5.41 Å². The zero-order valence-electron chi connectivity index (χ0n) is 28.4. The van der Waals surface area contributed by atoms with E-state index in [9.17, 15) is 0 Å². The lowest BCUT2D eigenvalue weighted by Crippen LogP contribution is -2.24. The van der Waals surface area contributed by atoms with Crippen molar-refractivity contribution >= 4 is 39.6 Å². The van der Waals surface area contributed by atoms with Gasteiger partial charge in [-0.05, 0) is 140 Å². The van der Waals surface area contributed by atoms with E-state index in [0.29, 0.717) is 0 Å². The van der Waals surface area contributed by atoms with Crippen LogP contribution in [0.4, 0.5) is 0 Å². The summed E-state index contributed by atoms with van der Waals surface area (Å²) in [5.74, 6) is 0. The van der Waals surface area contributed by atoms with Crippen molar-refractivity contribution in [3.63, 3.8) is 0 Å². The highest BCUT2D eigenvalue weighted by Crippen LogP contribution is 2.57. The van der Waals surface area contributed by atoms with Gasteiger partial charge >= 0.3 is 0 Å². The molecule has 2 aliphatic rings. The number of benzene rings is 7. The maximum Gasteiger partial charge on any atom is 0.129 e.